The Morgan fingerprint density at radius 1 is 0.818 bits per heavy atom. The quantitative estimate of drug-likeness (QED) is 0.618. The lowest BCUT2D eigenvalue weighted by Crippen LogP contribution is -1.97. The van der Waals surface area contributed by atoms with Crippen molar-refractivity contribution in [3.8, 4) is 16.9 Å². The van der Waals surface area contributed by atoms with Crippen LogP contribution in [-0.4, -0.2) is 4.98 Å². The number of halogens is 2. The predicted molar refractivity (Wildman–Crippen MR) is 90.5 cm³/mol. The van der Waals surface area contributed by atoms with Crippen LogP contribution in [0.15, 0.2) is 67.0 Å². The van der Waals surface area contributed by atoms with Crippen LogP contribution in [0.4, 0.5) is 0 Å². The van der Waals surface area contributed by atoms with E-state index in [1.807, 2.05) is 54.6 Å². The molecule has 1 heterocycles. The molecular formula is C18H13Cl2NO. The van der Waals surface area contributed by atoms with E-state index in [0.717, 1.165) is 22.4 Å². The first-order chi connectivity index (χ1) is 10.7. The molecule has 3 rings (SSSR count). The van der Waals surface area contributed by atoms with E-state index in [2.05, 4.69) is 4.98 Å². The van der Waals surface area contributed by atoms with Crippen molar-refractivity contribution in [3.05, 3.63) is 82.6 Å². The molecule has 3 aromatic rings. The van der Waals surface area contributed by atoms with Crippen molar-refractivity contribution in [2.24, 2.45) is 0 Å². The molecular weight excluding hydrogens is 317 g/mol. The molecule has 0 atom stereocenters. The normalized spacial score (nSPS) is 10.5. The number of rotatable bonds is 4. The van der Waals surface area contributed by atoms with Gasteiger partial charge in [-0.05, 0) is 41.5 Å². The van der Waals surface area contributed by atoms with Crippen LogP contribution >= 0.6 is 23.2 Å². The minimum atomic E-state index is 0.462. The molecule has 4 heteroatoms. The van der Waals surface area contributed by atoms with Crippen molar-refractivity contribution in [1.29, 1.82) is 0 Å². The number of hydrogen-bond donors (Lipinski definition) is 0. The molecule has 110 valence electrons. The van der Waals surface area contributed by atoms with E-state index in [0.29, 0.717) is 16.7 Å². The van der Waals surface area contributed by atoms with E-state index in [-0.39, 0.29) is 0 Å². The van der Waals surface area contributed by atoms with E-state index in [9.17, 15) is 0 Å². The molecule has 22 heavy (non-hydrogen) atoms. The molecule has 0 N–H and O–H groups in total. The van der Waals surface area contributed by atoms with Gasteiger partial charge in [-0.3, -0.25) is 4.98 Å². The topological polar surface area (TPSA) is 22.1 Å². The molecule has 0 bridgehead atoms. The Kier molecular flexibility index (Phi) is 4.62. The largest absolute Gasteiger partial charge is 0.487 e. The van der Waals surface area contributed by atoms with Gasteiger partial charge in [0.1, 0.15) is 12.4 Å². The molecule has 0 saturated heterocycles. The summed E-state index contributed by atoms with van der Waals surface area (Å²) in [5.74, 6) is 0.736. The predicted octanol–water partition coefficient (Wildman–Crippen LogP) is 5.63. The zero-order valence-electron chi connectivity index (χ0n) is 11.7. The monoisotopic (exact) mass is 329 g/mol. The number of ether oxygens (including phenoxy) is 1. The first-order valence-corrected chi connectivity index (χ1v) is 7.55. The van der Waals surface area contributed by atoms with Gasteiger partial charge in [0.2, 0.25) is 0 Å². The average molecular weight is 330 g/mol. The van der Waals surface area contributed by atoms with Gasteiger partial charge in [-0.15, -0.1) is 0 Å². The molecule has 0 aliphatic heterocycles. The van der Waals surface area contributed by atoms with Crippen LogP contribution < -0.4 is 4.74 Å². The van der Waals surface area contributed by atoms with Gasteiger partial charge in [0.25, 0.3) is 0 Å². The van der Waals surface area contributed by atoms with Gasteiger partial charge in [0.05, 0.1) is 6.20 Å². The molecule has 0 radical (unpaired) electrons. The van der Waals surface area contributed by atoms with Gasteiger partial charge in [0.15, 0.2) is 0 Å². The molecule has 0 saturated carbocycles. The Morgan fingerprint density at radius 3 is 2.14 bits per heavy atom. The lowest BCUT2D eigenvalue weighted by molar-refractivity contribution is 0.306. The Hall–Kier alpha value is -2.03. The number of aromatic nitrogens is 1. The third-order valence-corrected chi connectivity index (χ3v) is 3.75. The Labute approximate surface area is 139 Å². The van der Waals surface area contributed by atoms with Crippen LogP contribution in [0.3, 0.4) is 0 Å². The Balaban J connectivity index is 1.82. The standard InChI is InChI=1S/C18H13Cl2NO/c19-15-5-1-13(2-6-15)12-22-18-11-21-10-9-17(18)14-3-7-16(20)8-4-14/h1-11H,12H2. The summed E-state index contributed by atoms with van der Waals surface area (Å²) in [6.07, 6.45) is 3.47. The minimum Gasteiger partial charge on any atom is -0.487 e. The molecule has 0 aliphatic rings. The van der Waals surface area contributed by atoms with Crippen molar-refractivity contribution < 1.29 is 4.74 Å². The van der Waals surface area contributed by atoms with Gasteiger partial charge in [-0.2, -0.15) is 0 Å². The van der Waals surface area contributed by atoms with Crippen molar-refractivity contribution in [2.75, 3.05) is 0 Å². The second kappa shape index (κ2) is 6.82. The van der Waals surface area contributed by atoms with Gasteiger partial charge in [0, 0.05) is 21.8 Å². The Bertz CT molecular complexity index is 755. The number of hydrogen-bond acceptors (Lipinski definition) is 2. The highest BCUT2D eigenvalue weighted by Crippen LogP contribution is 2.30. The molecule has 0 fully saturated rings. The number of pyridine rings is 1. The van der Waals surface area contributed by atoms with Crippen LogP contribution in [0.1, 0.15) is 5.56 Å². The van der Waals surface area contributed by atoms with Crippen LogP contribution in [0, 0.1) is 0 Å². The summed E-state index contributed by atoms with van der Waals surface area (Å²) < 4.78 is 5.91. The molecule has 1 aromatic heterocycles. The zero-order chi connectivity index (χ0) is 15.4. The van der Waals surface area contributed by atoms with E-state index >= 15 is 0 Å². The maximum Gasteiger partial charge on any atom is 0.145 e. The molecule has 2 nitrogen and oxygen atoms in total. The fourth-order valence-corrected chi connectivity index (χ4v) is 2.36. The molecule has 0 unspecified atom stereocenters. The van der Waals surface area contributed by atoms with Crippen LogP contribution in [0.2, 0.25) is 10.0 Å². The van der Waals surface area contributed by atoms with Crippen molar-refractivity contribution >= 4 is 23.2 Å². The lowest BCUT2D eigenvalue weighted by Gasteiger charge is -2.11. The van der Waals surface area contributed by atoms with Crippen LogP contribution in [-0.2, 0) is 6.61 Å². The van der Waals surface area contributed by atoms with E-state index in [4.69, 9.17) is 27.9 Å². The third-order valence-electron chi connectivity index (χ3n) is 3.25. The van der Waals surface area contributed by atoms with Crippen molar-refractivity contribution in [1.82, 2.24) is 4.98 Å². The van der Waals surface area contributed by atoms with E-state index < -0.39 is 0 Å². The lowest BCUT2D eigenvalue weighted by atomic mass is 10.1. The van der Waals surface area contributed by atoms with E-state index in [1.165, 1.54) is 0 Å². The van der Waals surface area contributed by atoms with Crippen LogP contribution in [0.5, 0.6) is 5.75 Å². The fourth-order valence-electron chi connectivity index (χ4n) is 2.10. The molecule has 0 spiro atoms. The second-order valence-electron chi connectivity index (χ2n) is 4.79. The maximum absolute atomic E-state index is 5.94. The van der Waals surface area contributed by atoms with Crippen LogP contribution in [0.25, 0.3) is 11.1 Å². The number of benzene rings is 2. The summed E-state index contributed by atoms with van der Waals surface area (Å²) in [5, 5.41) is 1.42. The highest BCUT2D eigenvalue weighted by Gasteiger charge is 2.07. The summed E-state index contributed by atoms with van der Waals surface area (Å²) in [6.45, 7) is 0.462. The zero-order valence-corrected chi connectivity index (χ0v) is 13.2. The summed E-state index contributed by atoms with van der Waals surface area (Å²) in [5.41, 5.74) is 3.08. The number of nitrogens with zero attached hydrogens (tertiary/aromatic N) is 1. The average Bonchev–Trinajstić information content (AvgIpc) is 2.55. The summed E-state index contributed by atoms with van der Waals surface area (Å²) in [7, 11) is 0. The third kappa shape index (κ3) is 3.59. The second-order valence-corrected chi connectivity index (χ2v) is 5.67. The molecule has 0 amide bonds. The SMILES string of the molecule is Clc1ccc(COc2cnccc2-c2ccc(Cl)cc2)cc1. The van der Waals surface area contributed by atoms with E-state index in [1.54, 1.807) is 12.4 Å². The first kappa shape index (κ1) is 14.9. The van der Waals surface area contributed by atoms with Crippen molar-refractivity contribution in [2.45, 2.75) is 6.61 Å². The fraction of sp³-hybridized carbons (Fsp3) is 0.0556. The molecule has 0 aliphatic carbocycles. The first-order valence-electron chi connectivity index (χ1n) is 6.79. The van der Waals surface area contributed by atoms with Gasteiger partial charge >= 0.3 is 0 Å². The molecule has 2 aromatic carbocycles. The van der Waals surface area contributed by atoms with Crippen molar-refractivity contribution in [3.63, 3.8) is 0 Å². The summed E-state index contributed by atoms with van der Waals surface area (Å²) in [6, 6.07) is 17.2. The van der Waals surface area contributed by atoms with Gasteiger partial charge in [-0.25, -0.2) is 0 Å². The highest BCUT2D eigenvalue weighted by molar-refractivity contribution is 6.30. The smallest absolute Gasteiger partial charge is 0.145 e. The summed E-state index contributed by atoms with van der Waals surface area (Å²) >= 11 is 11.8. The summed E-state index contributed by atoms with van der Waals surface area (Å²) in [4.78, 5) is 4.14. The highest BCUT2D eigenvalue weighted by atomic mass is 35.5. The maximum atomic E-state index is 5.94. The van der Waals surface area contributed by atoms with Gasteiger partial charge in [-0.1, -0.05) is 47.5 Å². The minimum absolute atomic E-state index is 0.462. The Morgan fingerprint density at radius 2 is 1.45 bits per heavy atom. The van der Waals surface area contributed by atoms with Gasteiger partial charge < -0.3 is 4.74 Å².